The summed E-state index contributed by atoms with van der Waals surface area (Å²) in [7, 11) is 0. The lowest BCUT2D eigenvalue weighted by Gasteiger charge is -2.33. The molecule has 1 amide bonds. The van der Waals surface area contributed by atoms with Crippen molar-refractivity contribution < 1.29 is 4.79 Å². The minimum Gasteiger partial charge on any atom is -0.348 e. The molecule has 0 bridgehead atoms. The number of pyridine rings is 1. The van der Waals surface area contributed by atoms with Crippen LogP contribution in [-0.4, -0.2) is 40.7 Å². The Kier molecular flexibility index (Phi) is 6.48. The Bertz CT molecular complexity index is 692. The van der Waals surface area contributed by atoms with Gasteiger partial charge in [0, 0.05) is 30.9 Å². The Morgan fingerprint density at radius 2 is 2.16 bits per heavy atom. The maximum Gasteiger partial charge on any atom is 0.251 e. The first-order chi connectivity index (χ1) is 12.2. The highest BCUT2D eigenvalue weighted by molar-refractivity contribution is 7.99. The molecule has 1 saturated heterocycles. The Balaban J connectivity index is 1.56. The highest BCUT2D eigenvalue weighted by Gasteiger charge is 2.22. The maximum atomic E-state index is 12.6. The average Bonchev–Trinajstić information content (AvgIpc) is 2.63. The van der Waals surface area contributed by atoms with Gasteiger partial charge in [-0.1, -0.05) is 37.3 Å². The van der Waals surface area contributed by atoms with Crippen molar-refractivity contribution in [3.63, 3.8) is 0 Å². The first-order valence-electron chi connectivity index (χ1n) is 8.90. The van der Waals surface area contributed by atoms with Crippen molar-refractivity contribution in [2.75, 3.05) is 18.8 Å². The zero-order chi connectivity index (χ0) is 17.5. The lowest BCUT2D eigenvalue weighted by atomic mass is 10.0. The van der Waals surface area contributed by atoms with Gasteiger partial charge in [-0.05, 0) is 42.8 Å². The minimum atomic E-state index is 0.00640. The van der Waals surface area contributed by atoms with Crippen LogP contribution in [0.3, 0.4) is 0 Å². The summed E-state index contributed by atoms with van der Waals surface area (Å²) in [6.07, 6.45) is 3.87. The third kappa shape index (κ3) is 5.31. The van der Waals surface area contributed by atoms with Gasteiger partial charge in [0.2, 0.25) is 0 Å². The van der Waals surface area contributed by atoms with Gasteiger partial charge >= 0.3 is 0 Å². The fourth-order valence-electron chi connectivity index (χ4n) is 3.20. The quantitative estimate of drug-likeness (QED) is 0.805. The molecule has 2 aromatic rings. The van der Waals surface area contributed by atoms with Crippen LogP contribution in [-0.2, 0) is 6.54 Å². The number of carbonyl (C=O) groups excluding carboxylic acids is 1. The summed E-state index contributed by atoms with van der Waals surface area (Å²) < 4.78 is 0. The molecule has 132 valence electrons. The number of likely N-dealkylation sites (tertiary alicyclic amines) is 1. The van der Waals surface area contributed by atoms with Crippen LogP contribution in [0.25, 0.3) is 0 Å². The summed E-state index contributed by atoms with van der Waals surface area (Å²) in [5.74, 6) is 0.960. The van der Waals surface area contributed by atoms with Crippen LogP contribution < -0.4 is 5.32 Å². The van der Waals surface area contributed by atoms with Gasteiger partial charge in [-0.25, -0.2) is 4.98 Å². The molecule has 1 aromatic heterocycles. The Morgan fingerprint density at radius 1 is 1.32 bits per heavy atom. The Morgan fingerprint density at radius 3 is 2.96 bits per heavy atom. The number of hydrogen-bond acceptors (Lipinski definition) is 4. The molecule has 1 aliphatic rings. The number of hydrogen-bond donors (Lipinski definition) is 1. The van der Waals surface area contributed by atoms with E-state index in [4.69, 9.17) is 0 Å². The van der Waals surface area contributed by atoms with E-state index in [1.807, 2.05) is 12.1 Å². The second kappa shape index (κ2) is 9.02. The van der Waals surface area contributed by atoms with E-state index in [1.165, 1.54) is 5.56 Å². The van der Waals surface area contributed by atoms with Crippen LogP contribution in [0.5, 0.6) is 0 Å². The molecule has 1 aliphatic heterocycles. The summed E-state index contributed by atoms with van der Waals surface area (Å²) in [6.45, 7) is 5.03. The van der Waals surface area contributed by atoms with Gasteiger partial charge in [0.1, 0.15) is 0 Å². The number of benzene rings is 1. The molecule has 1 fully saturated rings. The largest absolute Gasteiger partial charge is 0.348 e. The topological polar surface area (TPSA) is 45.2 Å². The molecule has 1 aromatic carbocycles. The predicted molar refractivity (Wildman–Crippen MR) is 103 cm³/mol. The van der Waals surface area contributed by atoms with Gasteiger partial charge in [0.05, 0.1) is 5.03 Å². The zero-order valence-electron chi connectivity index (χ0n) is 14.6. The number of thioether (sulfide) groups is 1. The molecule has 0 spiro atoms. The van der Waals surface area contributed by atoms with Crippen LogP contribution in [0.1, 0.15) is 35.7 Å². The van der Waals surface area contributed by atoms with Crippen LogP contribution in [0.4, 0.5) is 0 Å². The first kappa shape index (κ1) is 18.0. The summed E-state index contributed by atoms with van der Waals surface area (Å²) in [5, 5.41) is 4.11. The normalized spacial score (nSPS) is 18.0. The van der Waals surface area contributed by atoms with E-state index >= 15 is 0 Å². The van der Waals surface area contributed by atoms with Gasteiger partial charge in [-0.2, -0.15) is 0 Å². The van der Waals surface area contributed by atoms with E-state index in [1.54, 1.807) is 24.0 Å². The second-order valence-corrected chi connectivity index (χ2v) is 7.63. The summed E-state index contributed by atoms with van der Waals surface area (Å²) in [6, 6.07) is 14.4. The standard InChI is InChI=1S/C20H25N3OS/c1-2-25-19-13-17(10-11-21-19)20(24)22-18-9-6-12-23(15-18)14-16-7-4-3-5-8-16/h3-5,7-8,10-11,13,18H,2,6,9,12,14-15H2,1H3,(H,22,24). The number of rotatable bonds is 6. The van der Waals surface area contributed by atoms with Crippen molar-refractivity contribution >= 4 is 17.7 Å². The predicted octanol–water partition coefficient (Wildman–Crippen LogP) is 3.59. The third-order valence-corrected chi connectivity index (χ3v) is 5.19. The number of piperidine rings is 1. The van der Waals surface area contributed by atoms with Crippen LogP contribution in [0.15, 0.2) is 53.7 Å². The number of nitrogens with one attached hydrogen (secondary N) is 1. The highest BCUT2D eigenvalue weighted by Crippen LogP contribution is 2.17. The fourth-order valence-corrected chi connectivity index (χ4v) is 3.85. The number of carbonyl (C=O) groups is 1. The van der Waals surface area contributed by atoms with E-state index in [-0.39, 0.29) is 11.9 Å². The van der Waals surface area contributed by atoms with E-state index < -0.39 is 0 Å². The SMILES string of the molecule is CCSc1cc(C(=O)NC2CCCN(Cc3ccccc3)C2)ccn1. The van der Waals surface area contributed by atoms with Crippen molar-refractivity contribution in [3.05, 3.63) is 59.8 Å². The monoisotopic (exact) mass is 355 g/mol. The van der Waals surface area contributed by atoms with Crippen molar-refractivity contribution in [1.82, 2.24) is 15.2 Å². The third-order valence-electron chi connectivity index (χ3n) is 4.38. The molecule has 3 rings (SSSR count). The van der Waals surface area contributed by atoms with Crippen LogP contribution in [0.2, 0.25) is 0 Å². The minimum absolute atomic E-state index is 0.00640. The number of aromatic nitrogens is 1. The van der Waals surface area contributed by atoms with E-state index in [0.717, 1.165) is 43.3 Å². The van der Waals surface area contributed by atoms with Crippen molar-refractivity contribution in [2.45, 2.75) is 37.4 Å². The van der Waals surface area contributed by atoms with E-state index in [0.29, 0.717) is 5.56 Å². The van der Waals surface area contributed by atoms with Crippen molar-refractivity contribution in [2.24, 2.45) is 0 Å². The molecule has 4 nitrogen and oxygen atoms in total. The molecule has 1 N–H and O–H groups in total. The highest BCUT2D eigenvalue weighted by atomic mass is 32.2. The van der Waals surface area contributed by atoms with Gasteiger partial charge in [0.25, 0.3) is 5.91 Å². The first-order valence-corrected chi connectivity index (χ1v) is 9.89. The van der Waals surface area contributed by atoms with Crippen molar-refractivity contribution in [3.8, 4) is 0 Å². The Labute approximate surface area is 154 Å². The summed E-state index contributed by atoms with van der Waals surface area (Å²) in [4.78, 5) is 19.3. The average molecular weight is 356 g/mol. The van der Waals surface area contributed by atoms with Crippen LogP contribution in [0, 0.1) is 0 Å². The molecule has 0 saturated carbocycles. The molecular formula is C20H25N3OS. The van der Waals surface area contributed by atoms with E-state index in [2.05, 4.69) is 46.4 Å². The molecule has 0 radical (unpaired) electrons. The Hall–Kier alpha value is -1.85. The van der Waals surface area contributed by atoms with Gasteiger partial charge in [-0.15, -0.1) is 11.8 Å². The number of amides is 1. The summed E-state index contributed by atoms with van der Waals surface area (Å²) >= 11 is 1.66. The molecule has 0 aliphatic carbocycles. The summed E-state index contributed by atoms with van der Waals surface area (Å²) in [5.41, 5.74) is 2.02. The zero-order valence-corrected chi connectivity index (χ0v) is 15.5. The second-order valence-electron chi connectivity index (χ2n) is 6.35. The van der Waals surface area contributed by atoms with Gasteiger partial charge in [0.15, 0.2) is 0 Å². The fraction of sp³-hybridized carbons (Fsp3) is 0.400. The molecule has 25 heavy (non-hydrogen) atoms. The van der Waals surface area contributed by atoms with Crippen molar-refractivity contribution in [1.29, 1.82) is 0 Å². The number of nitrogens with zero attached hydrogens (tertiary/aromatic N) is 2. The smallest absolute Gasteiger partial charge is 0.251 e. The molecule has 2 heterocycles. The molecular weight excluding hydrogens is 330 g/mol. The molecule has 1 atom stereocenters. The molecule has 1 unspecified atom stereocenters. The van der Waals surface area contributed by atoms with Gasteiger partial charge < -0.3 is 5.32 Å². The van der Waals surface area contributed by atoms with Gasteiger partial charge in [-0.3, -0.25) is 9.69 Å². The lowest BCUT2D eigenvalue weighted by Crippen LogP contribution is -2.47. The lowest BCUT2D eigenvalue weighted by molar-refractivity contribution is 0.0900. The van der Waals surface area contributed by atoms with Crippen LogP contribution >= 0.6 is 11.8 Å². The molecule has 5 heteroatoms. The maximum absolute atomic E-state index is 12.6. The van der Waals surface area contributed by atoms with E-state index in [9.17, 15) is 4.79 Å².